The monoisotopic (exact) mass is 680 g/mol. The number of hydrogen-bond donors (Lipinski definition) is 5. The van der Waals surface area contributed by atoms with E-state index in [-0.39, 0.29) is 17.8 Å². The smallest absolute Gasteiger partial charge is 0.247 e. The van der Waals surface area contributed by atoms with E-state index in [0.717, 1.165) is 63.2 Å². The van der Waals surface area contributed by atoms with Crippen LogP contribution in [0.2, 0.25) is 5.02 Å². The minimum absolute atomic E-state index is 0.0225. The molecule has 0 aliphatic carbocycles. The van der Waals surface area contributed by atoms with Crippen molar-refractivity contribution >= 4 is 40.4 Å². The molecule has 4 heterocycles. The Labute approximate surface area is 286 Å². The van der Waals surface area contributed by atoms with Crippen LogP contribution in [0, 0.1) is 5.41 Å². The maximum Gasteiger partial charge on any atom is 0.247 e. The van der Waals surface area contributed by atoms with E-state index in [2.05, 4.69) is 32.4 Å². The van der Waals surface area contributed by atoms with Crippen LogP contribution in [0.1, 0.15) is 31.2 Å². The minimum atomic E-state index is -0.325. The van der Waals surface area contributed by atoms with Crippen molar-refractivity contribution in [1.29, 1.82) is 5.41 Å². The number of carbonyl (C=O) groups is 1. The molecule has 4 fully saturated rings. The number of fused-ring (bicyclic) bond motifs is 2. The Hall–Kier alpha value is -4.01. The lowest BCUT2D eigenvalue weighted by molar-refractivity contribution is -0.111. The number of hydrazine groups is 1. The van der Waals surface area contributed by atoms with Gasteiger partial charge in [0.2, 0.25) is 5.91 Å². The summed E-state index contributed by atoms with van der Waals surface area (Å²) in [6.45, 7) is 7.66. The number of hydroxylamine groups is 2. The molecular formula is C34H45ClN8O5. The maximum absolute atomic E-state index is 12.5. The van der Waals surface area contributed by atoms with Gasteiger partial charge in [-0.05, 0) is 55.9 Å². The van der Waals surface area contributed by atoms with Crippen LogP contribution in [0.5, 0.6) is 11.5 Å². The lowest BCUT2D eigenvalue weighted by Crippen LogP contribution is -2.49. The van der Waals surface area contributed by atoms with E-state index < -0.39 is 0 Å². The zero-order valence-electron chi connectivity index (χ0n) is 27.5. The number of nitrogens with two attached hydrogens (primary N) is 1. The van der Waals surface area contributed by atoms with E-state index in [9.17, 15) is 4.79 Å². The molecule has 48 heavy (non-hydrogen) atoms. The van der Waals surface area contributed by atoms with Crippen LogP contribution in [0.3, 0.4) is 0 Å². The number of ether oxygens (including phenoxy) is 3. The molecule has 6 rings (SSSR count). The summed E-state index contributed by atoms with van der Waals surface area (Å²) in [5.41, 5.74) is 5.58. The van der Waals surface area contributed by atoms with Crippen molar-refractivity contribution in [1.82, 2.24) is 15.4 Å². The van der Waals surface area contributed by atoms with E-state index in [1.165, 1.54) is 6.08 Å². The Morgan fingerprint density at radius 3 is 2.62 bits per heavy atom. The highest BCUT2D eigenvalue weighted by molar-refractivity contribution is 6.32. The van der Waals surface area contributed by atoms with Crippen LogP contribution in [0.25, 0.3) is 0 Å². The fraction of sp³-hybridized carbons (Fsp3) is 0.471. The number of nitrogens with zero attached hydrogens (tertiary/aromatic N) is 3. The van der Waals surface area contributed by atoms with Gasteiger partial charge in [-0.15, -0.1) is 0 Å². The number of methoxy groups -OCH3 is 2. The molecule has 0 aromatic heterocycles. The fourth-order valence-electron chi connectivity index (χ4n) is 7.34. The van der Waals surface area contributed by atoms with Crippen molar-refractivity contribution < 1.29 is 23.8 Å². The molecule has 3 atom stereocenters. The van der Waals surface area contributed by atoms with E-state index in [1.807, 2.05) is 18.2 Å². The number of morpholine rings is 1. The van der Waals surface area contributed by atoms with Crippen LogP contribution in [-0.2, 0) is 20.8 Å². The van der Waals surface area contributed by atoms with E-state index >= 15 is 0 Å². The quantitative estimate of drug-likeness (QED) is 0.0731. The van der Waals surface area contributed by atoms with Gasteiger partial charge in [-0.25, -0.2) is 10.9 Å². The van der Waals surface area contributed by atoms with Gasteiger partial charge in [-0.2, -0.15) is 0 Å². The molecule has 14 heteroatoms. The Balaban J connectivity index is 1.18. The number of hydrogen-bond acceptors (Lipinski definition) is 11. The number of amidine groups is 1. The number of carbonyl (C=O) groups excluding carboxylic acids is 1. The molecule has 0 radical (unpaired) electrons. The Kier molecular flexibility index (Phi) is 10.6. The van der Waals surface area contributed by atoms with Crippen LogP contribution >= 0.6 is 11.6 Å². The highest BCUT2D eigenvalue weighted by Crippen LogP contribution is 2.40. The molecule has 4 saturated heterocycles. The molecule has 0 unspecified atom stereocenters. The van der Waals surface area contributed by atoms with E-state index in [1.54, 1.807) is 37.5 Å². The van der Waals surface area contributed by atoms with Crippen LogP contribution in [0.15, 0.2) is 54.9 Å². The van der Waals surface area contributed by atoms with Crippen molar-refractivity contribution in [3.63, 3.8) is 0 Å². The zero-order valence-corrected chi connectivity index (χ0v) is 28.2. The lowest BCUT2D eigenvalue weighted by Gasteiger charge is -2.41. The third kappa shape index (κ3) is 7.20. The van der Waals surface area contributed by atoms with Gasteiger partial charge in [0.1, 0.15) is 23.2 Å². The number of rotatable bonds is 12. The molecule has 0 saturated carbocycles. The van der Waals surface area contributed by atoms with Crippen molar-refractivity contribution in [3.05, 3.63) is 65.5 Å². The van der Waals surface area contributed by atoms with Gasteiger partial charge in [0, 0.05) is 43.9 Å². The number of para-hydroxylation sites is 1. The molecule has 4 aliphatic rings. The van der Waals surface area contributed by atoms with E-state index in [0.29, 0.717) is 64.9 Å². The predicted molar refractivity (Wildman–Crippen MR) is 187 cm³/mol. The van der Waals surface area contributed by atoms with Crippen LogP contribution in [0.4, 0.5) is 17.1 Å². The number of anilines is 3. The third-order valence-electron chi connectivity index (χ3n) is 9.64. The number of likely N-dealkylation sites (tertiary alicyclic amines) is 1. The molecule has 2 aromatic rings. The number of nitrogens with one attached hydrogen (secondary N) is 4. The first-order valence-electron chi connectivity index (χ1n) is 16.4. The summed E-state index contributed by atoms with van der Waals surface area (Å²) in [7, 11) is 3.18. The molecule has 1 amide bonds. The number of amides is 1. The van der Waals surface area contributed by atoms with Gasteiger partial charge in [0.05, 0.1) is 61.7 Å². The summed E-state index contributed by atoms with van der Waals surface area (Å²) >= 11 is 6.36. The first-order chi connectivity index (χ1) is 23.3. The summed E-state index contributed by atoms with van der Waals surface area (Å²) in [6.07, 6.45) is 7.68. The zero-order chi connectivity index (χ0) is 33.8. The second-order valence-electron chi connectivity index (χ2n) is 12.5. The molecule has 2 aromatic carbocycles. The van der Waals surface area contributed by atoms with Gasteiger partial charge >= 0.3 is 0 Å². The van der Waals surface area contributed by atoms with Gasteiger partial charge < -0.3 is 35.2 Å². The first kappa shape index (κ1) is 33.9. The highest BCUT2D eigenvalue weighted by Gasteiger charge is 2.42. The Morgan fingerprint density at radius 2 is 1.96 bits per heavy atom. The molecule has 2 bridgehead atoms. The average Bonchev–Trinajstić information content (AvgIpc) is 3.86. The van der Waals surface area contributed by atoms with Crippen molar-refractivity contribution in [2.75, 3.05) is 62.6 Å². The second-order valence-corrected chi connectivity index (χ2v) is 12.9. The largest absolute Gasteiger partial charge is 0.495 e. The summed E-state index contributed by atoms with van der Waals surface area (Å²) in [5.74, 6) is 7.19. The van der Waals surface area contributed by atoms with Crippen LogP contribution < -0.4 is 36.3 Å². The predicted octanol–water partition coefficient (Wildman–Crippen LogP) is 3.87. The van der Waals surface area contributed by atoms with Gasteiger partial charge in [-0.1, -0.05) is 30.3 Å². The standard InChI is InChI=1S/C34H45ClN8O5/c1-4-33(44)39-27-16-28(30(45-2)17-29(27)41-11-8-22(9-12-41)42-19-25-15-24(42)20-47-25)38-31(36)18-32(40-37)43-23(10-13-48-43)14-21-6-5-7-26(35)34(21)46-3/h4-7,16-18,22-25,40H,1,8-15,19-20,37H2,2-3H3,(H2,36,38)(H,39,44)/b32-18+/t23-,24-,25-/m1/s1. The summed E-state index contributed by atoms with van der Waals surface area (Å²) < 4.78 is 17.1. The third-order valence-corrected chi connectivity index (χ3v) is 9.93. The summed E-state index contributed by atoms with van der Waals surface area (Å²) in [5, 5.41) is 17.1. The molecule has 258 valence electrons. The second kappa shape index (κ2) is 15.0. The minimum Gasteiger partial charge on any atom is -0.495 e. The summed E-state index contributed by atoms with van der Waals surface area (Å²) in [4.78, 5) is 23.4. The molecule has 13 nitrogen and oxygen atoms in total. The maximum atomic E-state index is 12.5. The van der Waals surface area contributed by atoms with Crippen LogP contribution in [-0.4, -0.2) is 93.0 Å². The topological polar surface area (TPSA) is 150 Å². The summed E-state index contributed by atoms with van der Waals surface area (Å²) in [6, 6.07) is 10.3. The number of halogens is 1. The molecule has 0 spiro atoms. The van der Waals surface area contributed by atoms with E-state index in [4.69, 9.17) is 41.9 Å². The van der Waals surface area contributed by atoms with Gasteiger partial charge in [-0.3, -0.25) is 19.9 Å². The van der Waals surface area contributed by atoms with Crippen molar-refractivity contribution in [2.45, 2.75) is 56.3 Å². The van der Waals surface area contributed by atoms with Gasteiger partial charge in [0.15, 0.2) is 0 Å². The van der Waals surface area contributed by atoms with Crippen molar-refractivity contribution in [3.8, 4) is 11.5 Å². The van der Waals surface area contributed by atoms with Crippen molar-refractivity contribution in [2.24, 2.45) is 5.84 Å². The fourth-order valence-corrected chi connectivity index (χ4v) is 7.61. The number of benzene rings is 2. The lowest BCUT2D eigenvalue weighted by atomic mass is 10.0. The Morgan fingerprint density at radius 1 is 1.15 bits per heavy atom. The highest BCUT2D eigenvalue weighted by atomic mass is 35.5. The van der Waals surface area contributed by atoms with Gasteiger partial charge in [0.25, 0.3) is 0 Å². The first-order valence-corrected chi connectivity index (χ1v) is 16.7. The normalized spacial score (nSPS) is 22.9. The number of piperidine rings is 1. The molecular weight excluding hydrogens is 636 g/mol. The Bertz CT molecular complexity index is 1550. The molecule has 4 aliphatic heterocycles. The SMILES string of the molecule is C=CC(=O)Nc1cc(NC(=N)/C=C(\NN)N2OCC[C@@H]2Cc2cccc(Cl)c2OC)c(OC)cc1N1CCC(N2C[C@H]3C[C@@H]2CO3)CC1. The average molecular weight is 681 g/mol. The molecule has 6 N–H and O–H groups in total.